The predicted octanol–water partition coefficient (Wildman–Crippen LogP) is 4.60. The zero-order chi connectivity index (χ0) is 14.0. The summed E-state index contributed by atoms with van der Waals surface area (Å²) < 4.78 is 2.49. The van der Waals surface area contributed by atoms with Crippen molar-refractivity contribution in [2.24, 2.45) is 11.1 Å². The lowest BCUT2D eigenvalue weighted by molar-refractivity contribution is 0.271. The van der Waals surface area contributed by atoms with E-state index in [0.717, 1.165) is 6.42 Å². The monoisotopic (exact) mass is 262 g/mol. The van der Waals surface area contributed by atoms with Crippen molar-refractivity contribution in [3.63, 3.8) is 0 Å². The van der Waals surface area contributed by atoms with Crippen LogP contribution in [0.4, 0.5) is 0 Å². The number of hydrogen-bond donors (Lipinski definition) is 1. The zero-order valence-electron chi connectivity index (χ0n) is 13.1. The van der Waals surface area contributed by atoms with Crippen molar-refractivity contribution >= 4 is 0 Å². The number of nitrogens with zero attached hydrogens (tertiary/aromatic N) is 1. The molecule has 0 saturated carbocycles. The lowest BCUT2D eigenvalue weighted by Crippen LogP contribution is -2.30. The average molecular weight is 262 g/mol. The van der Waals surface area contributed by atoms with E-state index in [1.165, 1.54) is 43.4 Å². The van der Waals surface area contributed by atoms with Gasteiger partial charge in [-0.1, -0.05) is 40.0 Å². The number of rotatable bonds is 5. The topological polar surface area (TPSA) is 30.9 Å². The van der Waals surface area contributed by atoms with Gasteiger partial charge in [0.2, 0.25) is 0 Å². The van der Waals surface area contributed by atoms with Crippen molar-refractivity contribution in [3.8, 4) is 0 Å². The highest BCUT2D eigenvalue weighted by Crippen LogP contribution is 2.41. The van der Waals surface area contributed by atoms with Crippen LogP contribution in [0.25, 0.3) is 0 Å². The Morgan fingerprint density at radius 1 is 1.42 bits per heavy atom. The van der Waals surface area contributed by atoms with Crippen LogP contribution in [-0.4, -0.2) is 4.57 Å². The normalized spacial score (nSPS) is 23.1. The molecule has 0 radical (unpaired) electrons. The summed E-state index contributed by atoms with van der Waals surface area (Å²) in [6.45, 7) is 9.30. The summed E-state index contributed by atoms with van der Waals surface area (Å²) in [7, 11) is 0. The van der Waals surface area contributed by atoms with Gasteiger partial charge in [-0.2, -0.15) is 0 Å². The summed E-state index contributed by atoms with van der Waals surface area (Å²) in [5.74, 6) is 0. The third-order valence-electron chi connectivity index (χ3n) is 4.58. The van der Waals surface area contributed by atoms with Crippen LogP contribution in [0.3, 0.4) is 0 Å². The van der Waals surface area contributed by atoms with E-state index in [1.807, 2.05) is 0 Å². The van der Waals surface area contributed by atoms with Crippen LogP contribution in [0.1, 0.15) is 83.1 Å². The maximum Gasteiger partial charge on any atom is 0.0318 e. The van der Waals surface area contributed by atoms with Crippen LogP contribution in [0.2, 0.25) is 0 Å². The molecule has 0 fully saturated rings. The molecule has 2 atom stereocenters. The van der Waals surface area contributed by atoms with Crippen molar-refractivity contribution in [2.45, 2.75) is 78.3 Å². The number of unbranched alkanes of at least 4 members (excludes halogenated alkanes) is 2. The summed E-state index contributed by atoms with van der Waals surface area (Å²) in [5.41, 5.74) is 9.57. The van der Waals surface area contributed by atoms with Crippen LogP contribution < -0.4 is 5.73 Å². The van der Waals surface area contributed by atoms with Crippen LogP contribution >= 0.6 is 0 Å². The Kier molecular flexibility index (Phi) is 4.39. The highest BCUT2D eigenvalue weighted by atomic mass is 15.0. The fourth-order valence-corrected chi connectivity index (χ4v) is 3.50. The SMILES string of the molecule is CCCCCC(C)n1ccc2c1CC(C)(C)CC2N. The molecular formula is C17H30N2. The fraction of sp³-hybridized carbons (Fsp3) is 0.765. The fourth-order valence-electron chi connectivity index (χ4n) is 3.50. The van der Waals surface area contributed by atoms with Crippen LogP contribution in [0.5, 0.6) is 0 Å². The van der Waals surface area contributed by atoms with Gasteiger partial charge in [-0.25, -0.2) is 0 Å². The van der Waals surface area contributed by atoms with Crippen LogP contribution in [0.15, 0.2) is 12.3 Å². The standard InChI is InChI=1S/C17H30N2/c1-5-6-7-8-13(2)19-10-9-14-15(18)11-17(3,4)12-16(14)19/h9-10,13,15H,5-8,11-12,18H2,1-4H3. The number of nitrogens with two attached hydrogens (primary N) is 1. The van der Waals surface area contributed by atoms with Crippen molar-refractivity contribution in [1.29, 1.82) is 0 Å². The minimum Gasteiger partial charge on any atom is -0.348 e. The summed E-state index contributed by atoms with van der Waals surface area (Å²) >= 11 is 0. The van der Waals surface area contributed by atoms with E-state index in [0.29, 0.717) is 11.5 Å². The van der Waals surface area contributed by atoms with Gasteiger partial charge in [0.25, 0.3) is 0 Å². The molecule has 1 heterocycles. The lowest BCUT2D eigenvalue weighted by atomic mass is 9.74. The first-order chi connectivity index (χ1) is 8.94. The van der Waals surface area contributed by atoms with Gasteiger partial charge in [-0.05, 0) is 43.2 Å². The van der Waals surface area contributed by atoms with Gasteiger partial charge in [-0.15, -0.1) is 0 Å². The third-order valence-corrected chi connectivity index (χ3v) is 4.58. The molecule has 0 amide bonds. The Labute approximate surface area is 118 Å². The highest BCUT2D eigenvalue weighted by Gasteiger charge is 2.32. The van der Waals surface area contributed by atoms with E-state index in [9.17, 15) is 0 Å². The van der Waals surface area contributed by atoms with Crippen molar-refractivity contribution in [2.75, 3.05) is 0 Å². The van der Waals surface area contributed by atoms with Crippen molar-refractivity contribution < 1.29 is 0 Å². The first kappa shape index (κ1) is 14.6. The number of fused-ring (bicyclic) bond motifs is 1. The van der Waals surface area contributed by atoms with E-state index >= 15 is 0 Å². The Balaban J connectivity index is 2.15. The molecule has 0 aliphatic heterocycles. The van der Waals surface area contributed by atoms with Gasteiger partial charge >= 0.3 is 0 Å². The first-order valence-corrected chi connectivity index (χ1v) is 7.90. The summed E-state index contributed by atoms with van der Waals surface area (Å²) in [6.07, 6.45) is 9.80. The van der Waals surface area contributed by atoms with Crippen LogP contribution in [0, 0.1) is 5.41 Å². The number of aromatic nitrogens is 1. The molecule has 0 spiro atoms. The molecule has 1 aliphatic carbocycles. The van der Waals surface area contributed by atoms with Gasteiger partial charge in [0.15, 0.2) is 0 Å². The lowest BCUT2D eigenvalue weighted by Gasteiger charge is -2.35. The smallest absolute Gasteiger partial charge is 0.0318 e. The van der Waals surface area contributed by atoms with Gasteiger partial charge in [0.1, 0.15) is 0 Å². The second kappa shape index (κ2) is 5.70. The zero-order valence-corrected chi connectivity index (χ0v) is 13.1. The Hall–Kier alpha value is -0.760. The largest absolute Gasteiger partial charge is 0.348 e. The second-order valence-electron chi connectivity index (χ2n) is 7.12. The van der Waals surface area contributed by atoms with E-state index in [2.05, 4.69) is 44.5 Å². The van der Waals surface area contributed by atoms with E-state index in [-0.39, 0.29) is 6.04 Å². The molecule has 0 bridgehead atoms. The Morgan fingerprint density at radius 2 is 2.16 bits per heavy atom. The maximum absolute atomic E-state index is 6.34. The maximum atomic E-state index is 6.34. The molecule has 108 valence electrons. The summed E-state index contributed by atoms with van der Waals surface area (Å²) in [6, 6.07) is 3.09. The predicted molar refractivity (Wildman–Crippen MR) is 82.3 cm³/mol. The molecule has 1 aliphatic rings. The molecular weight excluding hydrogens is 232 g/mol. The number of hydrogen-bond acceptors (Lipinski definition) is 1. The van der Waals surface area contributed by atoms with Crippen molar-refractivity contribution in [1.82, 2.24) is 4.57 Å². The average Bonchev–Trinajstić information content (AvgIpc) is 2.71. The molecule has 2 unspecified atom stereocenters. The minimum absolute atomic E-state index is 0.225. The summed E-state index contributed by atoms with van der Waals surface area (Å²) in [5, 5.41) is 0. The highest BCUT2D eigenvalue weighted by molar-refractivity contribution is 5.30. The van der Waals surface area contributed by atoms with Gasteiger partial charge in [-0.3, -0.25) is 0 Å². The molecule has 19 heavy (non-hydrogen) atoms. The van der Waals surface area contributed by atoms with Gasteiger partial charge < -0.3 is 10.3 Å². The van der Waals surface area contributed by atoms with E-state index in [4.69, 9.17) is 5.73 Å². The molecule has 1 aromatic rings. The van der Waals surface area contributed by atoms with Gasteiger partial charge in [0.05, 0.1) is 0 Å². The van der Waals surface area contributed by atoms with Crippen molar-refractivity contribution in [3.05, 3.63) is 23.5 Å². The quantitative estimate of drug-likeness (QED) is 0.772. The Morgan fingerprint density at radius 3 is 2.84 bits per heavy atom. The molecule has 2 N–H and O–H groups in total. The first-order valence-electron chi connectivity index (χ1n) is 7.90. The van der Waals surface area contributed by atoms with Gasteiger partial charge in [0, 0.05) is 24.0 Å². The minimum atomic E-state index is 0.225. The molecule has 1 aromatic heterocycles. The Bertz CT molecular complexity index is 417. The molecule has 2 heteroatoms. The molecule has 0 saturated heterocycles. The van der Waals surface area contributed by atoms with Crippen LogP contribution in [-0.2, 0) is 6.42 Å². The molecule has 2 nitrogen and oxygen atoms in total. The summed E-state index contributed by atoms with van der Waals surface area (Å²) in [4.78, 5) is 0. The third kappa shape index (κ3) is 3.22. The second-order valence-corrected chi connectivity index (χ2v) is 7.12. The molecule has 2 rings (SSSR count). The molecule has 0 aromatic carbocycles. The van der Waals surface area contributed by atoms with E-state index < -0.39 is 0 Å². The van der Waals surface area contributed by atoms with E-state index in [1.54, 1.807) is 0 Å².